The molecule has 77 heavy (non-hydrogen) atoms. The average molecular weight is 1110 g/mol. The van der Waals surface area contributed by atoms with Crippen LogP contribution in [-0.4, -0.2) is 93.8 Å². The Kier molecular flexibility index (Phi) is 17.1. The molecule has 2 aliphatic heterocycles. The molecular formula is C53H52F8N8O6S2. The second-order valence-corrected chi connectivity index (χ2v) is 21.2. The highest BCUT2D eigenvalue weighted by atomic mass is 32.1. The SMILES string of the molecule is Cc1ncsc1-c1ccc([C@H](C)NC(=O)C2CCCN2C(=O)C(NC(=O)COCCC(F)COc2c(F)cc(-c3ncc(N4C(=S)N(c5ccc(C#N)c(C(F)(F)F)c5F)C(=O)C4(C)C)cc3F)cc2F)C(C)(C)C)cc1. The summed E-state index contributed by atoms with van der Waals surface area (Å²) in [7, 11) is 0. The third-order valence-electron chi connectivity index (χ3n) is 13.0. The average Bonchev–Trinajstić information content (AvgIpc) is 4.12. The van der Waals surface area contributed by atoms with Crippen LogP contribution in [0.25, 0.3) is 21.7 Å². The van der Waals surface area contributed by atoms with E-state index in [2.05, 4.69) is 20.6 Å². The molecule has 24 heteroatoms. The van der Waals surface area contributed by atoms with Crippen molar-refractivity contribution >= 4 is 63.7 Å². The van der Waals surface area contributed by atoms with E-state index in [0.717, 1.165) is 44.9 Å². The number of thiazole rings is 1. The molecule has 4 amide bonds. The van der Waals surface area contributed by atoms with Crippen LogP contribution in [0.3, 0.4) is 0 Å². The topological polar surface area (TPSA) is 170 Å². The van der Waals surface area contributed by atoms with Crippen molar-refractivity contribution < 1.29 is 63.8 Å². The highest BCUT2D eigenvalue weighted by Gasteiger charge is 2.52. The van der Waals surface area contributed by atoms with Crippen molar-refractivity contribution in [1.82, 2.24) is 25.5 Å². The Labute approximate surface area is 447 Å². The molecule has 0 radical (unpaired) electrons. The van der Waals surface area contributed by atoms with Crippen LogP contribution in [0.4, 0.5) is 46.5 Å². The number of carbonyl (C=O) groups is 4. The van der Waals surface area contributed by atoms with Crippen molar-refractivity contribution in [2.75, 3.05) is 36.2 Å². The molecule has 0 spiro atoms. The maximum absolute atomic E-state index is 15.8. The van der Waals surface area contributed by atoms with E-state index in [9.17, 15) is 36.7 Å². The van der Waals surface area contributed by atoms with Gasteiger partial charge in [-0.2, -0.15) is 18.4 Å². The number of halogens is 8. The summed E-state index contributed by atoms with van der Waals surface area (Å²) in [5, 5.41) is 14.3. The smallest absolute Gasteiger partial charge is 0.420 e. The number of nitriles is 1. The van der Waals surface area contributed by atoms with Crippen molar-refractivity contribution in [1.29, 1.82) is 5.26 Å². The summed E-state index contributed by atoms with van der Waals surface area (Å²) in [6.07, 6.45) is -5.60. The molecule has 2 aliphatic rings. The molecule has 14 nitrogen and oxygen atoms in total. The number of pyridine rings is 1. The Morgan fingerprint density at radius 2 is 1.65 bits per heavy atom. The number of aromatic nitrogens is 2. The number of nitrogens with one attached hydrogen (secondary N) is 2. The molecule has 0 saturated carbocycles. The molecule has 4 atom stereocenters. The number of hydrogen-bond acceptors (Lipinski definition) is 11. The number of amides is 4. The van der Waals surface area contributed by atoms with Gasteiger partial charge in [0.15, 0.2) is 34.1 Å². The Bertz CT molecular complexity index is 3120. The summed E-state index contributed by atoms with van der Waals surface area (Å²) in [4.78, 5) is 66.6. The molecular weight excluding hydrogens is 1060 g/mol. The monoisotopic (exact) mass is 1110 g/mol. The fourth-order valence-electron chi connectivity index (χ4n) is 8.99. The van der Waals surface area contributed by atoms with Gasteiger partial charge in [-0.1, -0.05) is 45.0 Å². The Morgan fingerprint density at radius 3 is 2.25 bits per heavy atom. The van der Waals surface area contributed by atoms with Gasteiger partial charge in [-0.15, -0.1) is 11.3 Å². The van der Waals surface area contributed by atoms with Crippen molar-refractivity contribution in [3.8, 4) is 33.5 Å². The summed E-state index contributed by atoms with van der Waals surface area (Å²) >= 11 is 6.92. The molecule has 0 bridgehead atoms. The third-order valence-corrected chi connectivity index (χ3v) is 14.4. The summed E-state index contributed by atoms with van der Waals surface area (Å²) < 4.78 is 129. The molecule has 5 aromatic rings. The van der Waals surface area contributed by atoms with E-state index in [0.29, 0.717) is 42.5 Å². The van der Waals surface area contributed by atoms with E-state index in [4.69, 9.17) is 27.0 Å². The van der Waals surface area contributed by atoms with Gasteiger partial charge in [0.05, 0.1) is 57.9 Å². The quantitative estimate of drug-likeness (QED) is 0.0516. The minimum absolute atomic E-state index is 0.244. The lowest BCUT2D eigenvalue weighted by Crippen LogP contribution is -2.58. The second kappa shape index (κ2) is 22.9. The van der Waals surface area contributed by atoms with Gasteiger partial charge >= 0.3 is 6.18 Å². The second-order valence-electron chi connectivity index (χ2n) is 20.0. The fraction of sp³-hybridized carbons (Fsp3) is 0.396. The van der Waals surface area contributed by atoms with Crippen LogP contribution >= 0.6 is 23.6 Å². The predicted octanol–water partition coefficient (Wildman–Crippen LogP) is 10.1. The molecule has 408 valence electrons. The number of rotatable bonds is 17. The third kappa shape index (κ3) is 12.2. The van der Waals surface area contributed by atoms with Crippen LogP contribution in [0.15, 0.2) is 66.3 Å². The van der Waals surface area contributed by atoms with Crippen LogP contribution < -0.4 is 25.2 Å². The van der Waals surface area contributed by atoms with Gasteiger partial charge in [-0.05, 0) is 93.6 Å². The number of likely N-dealkylation sites (tertiary alicyclic amines) is 1. The first-order chi connectivity index (χ1) is 36.1. The Balaban J connectivity index is 0.902. The van der Waals surface area contributed by atoms with Gasteiger partial charge in [0.1, 0.15) is 48.3 Å². The van der Waals surface area contributed by atoms with Crippen LogP contribution in [0, 0.1) is 46.9 Å². The number of alkyl halides is 4. The lowest BCUT2D eigenvalue weighted by Gasteiger charge is -2.35. The first-order valence-electron chi connectivity index (χ1n) is 24.0. The first-order valence-corrected chi connectivity index (χ1v) is 25.3. The molecule has 4 heterocycles. The van der Waals surface area contributed by atoms with Crippen LogP contribution in [0.2, 0.25) is 0 Å². The number of ether oxygens (including phenoxy) is 2. The van der Waals surface area contributed by atoms with Crippen LogP contribution in [-0.2, 0) is 30.1 Å². The maximum Gasteiger partial charge on any atom is 0.420 e. The zero-order valence-electron chi connectivity index (χ0n) is 42.6. The molecule has 0 aliphatic carbocycles. The van der Waals surface area contributed by atoms with Gasteiger partial charge in [-0.3, -0.25) is 29.1 Å². The Morgan fingerprint density at radius 1 is 0.974 bits per heavy atom. The number of aryl methyl sites for hydroxylation is 1. The molecule has 2 fully saturated rings. The summed E-state index contributed by atoms with van der Waals surface area (Å²) in [5.74, 6) is -9.36. The molecule has 2 saturated heterocycles. The molecule has 3 aromatic carbocycles. The Hall–Kier alpha value is -7.10. The van der Waals surface area contributed by atoms with Gasteiger partial charge in [0, 0.05) is 24.6 Å². The maximum atomic E-state index is 15.8. The first kappa shape index (κ1) is 57.6. The normalized spacial score (nSPS) is 16.8. The minimum atomic E-state index is -5.32. The van der Waals surface area contributed by atoms with Crippen molar-refractivity contribution in [2.45, 2.75) is 104 Å². The molecule has 2 N–H and O–H groups in total. The van der Waals surface area contributed by atoms with Gasteiger partial charge in [0.25, 0.3) is 5.91 Å². The molecule has 3 unspecified atom stereocenters. The predicted molar refractivity (Wildman–Crippen MR) is 273 cm³/mol. The summed E-state index contributed by atoms with van der Waals surface area (Å²) in [6.45, 7) is 10.1. The standard InChI is InChI=1S/C53H52F8N8O6S2/c1-27(29-10-12-30(13-11-29)45-28(2)64-26-77-45)65-47(71)39-9-8-17-67(39)48(72)46(51(3,4)5)66-40(70)25-74-18-16-33(54)24-75-44-36(56)19-32(20-37(44)57)43-35(55)21-34(23-63-43)69-50(76)68(49(73)52(69,6)7)38-15-14-31(22-62)41(42(38)58)53(59,60)61/h10-15,19-21,23,26-27,33,39,46H,8-9,16-18,24-25H2,1-7H3,(H,65,71)(H,66,70)/t27-,33?,39?,46?/m0/s1. The van der Waals surface area contributed by atoms with Gasteiger partial charge in [0.2, 0.25) is 17.7 Å². The lowest BCUT2D eigenvalue weighted by molar-refractivity contribution is -0.144. The minimum Gasteiger partial charge on any atom is -0.485 e. The van der Waals surface area contributed by atoms with E-state index in [1.807, 2.05) is 38.1 Å². The number of hydrogen-bond donors (Lipinski definition) is 2. The van der Waals surface area contributed by atoms with Crippen molar-refractivity contribution in [2.24, 2.45) is 5.41 Å². The van der Waals surface area contributed by atoms with E-state index in [1.54, 1.807) is 26.3 Å². The summed E-state index contributed by atoms with van der Waals surface area (Å²) in [5.41, 5.74) is -3.14. The van der Waals surface area contributed by atoms with Crippen LogP contribution in [0.5, 0.6) is 5.75 Å². The zero-order chi connectivity index (χ0) is 56.5. The van der Waals surface area contributed by atoms with Crippen LogP contribution in [0.1, 0.15) is 89.2 Å². The van der Waals surface area contributed by atoms with Crippen molar-refractivity contribution in [3.05, 3.63) is 112 Å². The van der Waals surface area contributed by atoms with E-state index in [-0.39, 0.29) is 30.7 Å². The number of benzene rings is 3. The van der Waals surface area contributed by atoms with Crippen molar-refractivity contribution in [3.63, 3.8) is 0 Å². The highest BCUT2D eigenvalue weighted by molar-refractivity contribution is 7.81. The number of thiocarbonyl (C=S) groups is 1. The molecule has 7 rings (SSSR count). The lowest BCUT2D eigenvalue weighted by atomic mass is 9.85. The molecule has 2 aromatic heterocycles. The van der Waals surface area contributed by atoms with Gasteiger partial charge < -0.3 is 29.9 Å². The highest BCUT2D eigenvalue weighted by Crippen LogP contribution is 2.43. The number of carbonyl (C=O) groups excluding carboxylic acids is 4. The van der Waals surface area contributed by atoms with E-state index >= 15 is 17.6 Å². The zero-order valence-corrected chi connectivity index (χ0v) is 44.2. The van der Waals surface area contributed by atoms with E-state index < -0.39 is 129 Å². The summed E-state index contributed by atoms with van der Waals surface area (Å²) in [6, 6.07) is 10.4. The fourth-order valence-corrected chi connectivity index (χ4v) is 10.3. The van der Waals surface area contributed by atoms with Gasteiger partial charge in [-0.25, -0.2) is 26.9 Å². The number of nitrogens with zero attached hydrogens (tertiary/aromatic N) is 6. The largest absolute Gasteiger partial charge is 0.485 e. The van der Waals surface area contributed by atoms with E-state index in [1.165, 1.54) is 36.2 Å². The number of anilines is 2.